The third-order valence-electron chi connectivity index (χ3n) is 3.49. The molecule has 0 saturated heterocycles. The SMILES string of the molecule is Cc1cccc(CNC(=O)NCOc2ccc(C)c(C)c2)c1. The molecule has 0 bridgehead atoms. The molecule has 0 fully saturated rings. The fourth-order valence-electron chi connectivity index (χ4n) is 2.06. The van der Waals surface area contributed by atoms with Gasteiger partial charge in [-0.05, 0) is 49.6 Å². The number of rotatable bonds is 5. The Bertz CT molecular complexity index is 653. The van der Waals surface area contributed by atoms with Crippen molar-refractivity contribution in [2.24, 2.45) is 0 Å². The first kappa shape index (κ1) is 15.9. The predicted octanol–water partition coefficient (Wildman–Crippen LogP) is 3.45. The molecular weight excluding hydrogens is 276 g/mol. The molecule has 22 heavy (non-hydrogen) atoms. The van der Waals surface area contributed by atoms with E-state index in [1.165, 1.54) is 16.7 Å². The number of amides is 2. The van der Waals surface area contributed by atoms with Gasteiger partial charge in [0, 0.05) is 6.54 Å². The van der Waals surface area contributed by atoms with Gasteiger partial charge in [0.15, 0.2) is 6.73 Å². The highest BCUT2D eigenvalue weighted by atomic mass is 16.5. The lowest BCUT2D eigenvalue weighted by Gasteiger charge is -2.10. The Morgan fingerprint density at radius 3 is 2.55 bits per heavy atom. The van der Waals surface area contributed by atoms with Crippen LogP contribution in [0.3, 0.4) is 0 Å². The number of aryl methyl sites for hydroxylation is 3. The van der Waals surface area contributed by atoms with E-state index in [-0.39, 0.29) is 12.8 Å². The van der Waals surface area contributed by atoms with Crippen LogP contribution in [0, 0.1) is 20.8 Å². The van der Waals surface area contributed by atoms with Gasteiger partial charge in [0.1, 0.15) is 5.75 Å². The highest BCUT2D eigenvalue weighted by Crippen LogP contribution is 2.15. The van der Waals surface area contributed by atoms with Gasteiger partial charge in [0.25, 0.3) is 0 Å². The van der Waals surface area contributed by atoms with Crippen molar-refractivity contribution in [1.29, 1.82) is 0 Å². The maximum Gasteiger partial charge on any atom is 0.317 e. The maximum atomic E-state index is 11.7. The molecule has 2 rings (SSSR count). The fourth-order valence-corrected chi connectivity index (χ4v) is 2.06. The van der Waals surface area contributed by atoms with Crippen molar-refractivity contribution in [3.63, 3.8) is 0 Å². The number of benzene rings is 2. The Kier molecular flexibility index (Phi) is 5.42. The van der Waals surface area contributed by atoms with Gasteiger partial charge >= 0.3 is 6.03 Å². The molecule has 2 amide bonds. The van der Waals surface area contributed by atoms with Crippen LogP contribution in [0.25, 0.3) is 0 Å². The van der Waals surface area contributed by atoms with Crippen molar-refractivity contribution in [3.05, 3.63) is 64.7 Å². The van der Waals surface area contributed by atoms with Crippen molar-refractivity contribution >= 4 is 6.03 Å². The molecular formula is C18H22N2O2. The summed E-state index contributed by atoms with van der Waals surface area (Å²) in [5.74, 6) is 0.752. The van der Waals surface area contributed by atoms with Crippen molar-refractivity contribution in [2.45, 2.75) is 27.3 Å². The van der Waals surface area contributed by atoms with Gasteiger partial charge in [0.2, 0.25) is 0 Å². The summed E-state index contributed by atoms with van der Waals surface area (Å²) in [4.78, 5) is 11.7. The summed E-state index contributed by atoms with van der Waals surface area (Å²) >= 11 is 0. The Hall–Kier alpha value is -2.49. The molecule has 0 heterocycles. The van der Waals surface area contributed by atoms with Gasteiger partial charge in [-0.1, -0.05) is 35.9 Å². The van der Waals surface area contributed by atoms with Crippen molar-refractivity contribution in [1.82, 2.24) is 10.6 Å². The zero-order chi connectivity index (χ0) is 15.9. The topological polar surface area (TPSA) is 50.4 Å². The molecule has 0 aliphatic heterocycles. The molecule has 4 heteroatoms. The molecule has 0 atom stereocenters. The molecule has 0 radical (unpaired) electrons. The summed E-state index contributed by atoms with van der Waals surface area (Å²) in [6.07, 6.45) is 0. The van der Waals surface area contributed by atoms with Gasteiger partial charge in [-0.2, -0.15) is 0 Å². The highest BCUT2D eigenvalue weighted by Gasteiger charge is 2.01. The highest BCUT2D eigenvalue weighted by molar-refractivity contribution is 5.73. The third-order valence-corrected chi connectivity index (χ3v) is 3.49. The van der Waals surface area contributed by atoms with E-state index in [4.69, 9.17) is 4.74 Å². The second kappa shape index (κ2) is 7.50. The van der Waals surface area contributed by atoms with Crippen LogP contribution in [0.1, 0.15) is 22.3 Å². The van der Waals surface area contributed by atoms with Crippen molar-refractivity contribution in [2.75, 3.05) is 6.73 Å². The van der Waals surface area contributed by atoms with Gasteiger partial charge in [0.05, 0.1) is 0 Å². The molecule has 2 N–H and O–H groups in total. The second-order valence-corrected chi connectivity index (χ2v) is 5.38. The van der Waals surface area contributed by atoms with Gasteiger partial charge < -0.3 is 15.4 Å². The number of ether oxygens (including phenoxy) is 1. The molecule has 116 valence electrons. The van der Waals surface area contributed by atoms with Crippen LogP contribution in [-0.4, -0.2) is 12.8 Å². The van der Waals surface area contributed by atoms with Gasteiger partial charge in [-0.25, -0.2) is 4.79 Å². The maximum absolute atomic E-state index is 11.7. The van der Waals surface area contributed by atoms with Crippen molar-refractivity contribution < 1.29 is 9.53 Å². The number of hydrogen-bond acceptors (Lipinski definition) is 2. The van der Waals surface area contributed by atoms with Crippen LogP contribution in [0.5, 0.6) is 5.75 Å². The average molecular weight is 298 g/mol. The smallest absolute Gasteiger partial charge is 0.317 e. The fraction of sp³-hybridized carbons (Fsp3) is 0.278. The number of hydrogen-bond donors (Lipinski definition) is 2. The number of carbonyl (C=O) groups is 1. The summed E-state index contributed by atoms with van der Waals surface area (Å²) < 4.78 is 5.51. The Labute approximate surface area is 131 Å². The van der Waals surface area contributed by atoms with Crippen LogP contribution < -0.4 is 15.4 Å². The molecule has 4 nitrogen and oxygen atoms in total. The lowest BCUT2D eigenvalue weighted by molar-refractivity contribution is 0.223. The van der Waals surface area contributed by atoms with Crippen LogP contribution in [0.15, 0.2) is 42.5 Å². The van der Waals surface area contributed by atoms with E-state index in [0.29, 0.717) is 6.54 Å². The zero-order valence-electron chi connectivity index (χ0n) is 13.3. The van der Waals surface area contributed by atoms with Crippen LogP contribution >= 0.6 is 0 Å². The summed E-state index contributed by atoms with van der Waals surface area (Å²) in [6, 6.07) is 13.7. The molecule has 0 saturated carbocycles. The molecule has 0 aliphatic rings. The van der Waals surface area contributed by atoms with E-state index in [1.807, 2.05) is 56.3 Å². The van der Waals surface area contributed by atoms with Gasteiger partial charge in [-0.3, -0.25) is 0 Å². The monoisotopic (exact) mass is 298 g/mol. The molecule has 0 spiro atoms. The van der Waals surface area contributed by atoms with Crippen LogP contribution in [-0.2, 0) is 6.54 Å². The summed E-state index contributed by atoms with van der Waals surface area (Å²) in [5, 5.41) is 5.48. The normalized spacial score (nSPS) is 10.1. The largest absolute Gasteiger partial charge is 0.473 e. The van der Waals surface area contributed by atoms with E-state index in [0.717, 1.165) is 11.3 Å². The van der Waals surface area contributed by atoms with E-state index in [1.54, 1.807) is 0 Å². The molecule has 2 aromatic rings. The Balaban J connectivity index is 1.72. The van der Waals surface area contributed by atoms with E-state index >= 15 is 0 Å². The number of urea groups is 1. The minimum atomic E-state index is -0.245. The summed E-state index contributed by atoms with van der Waals surface area (Å²) in [6.45, 7) is 6.75. The molecule has 0 aromatic heterocycles. The molecule has 2 aromatic carbocycles. The lowest BCUT2D eigenvalue weighted by Crippen LogP contribution is -2.37. The first-order valence-corrected chi connectivity index (χ1v) is 7.32. The van der Waals surface area contributed by atoms with E-state index < -0.39 is 0 Å². The molecule has 0 unspecified atom stereocenters. The van der Waals surface area contributed by atoms with E-state index in [9.17, 15) is 4.79 Å². The standard InChI is InChI=1S/C18H22N2O2/c1-13-5-4-6-16(9-13)11-19-18(21)20-12-22-17-8-7-14(2)15(3)10-17/h4-10H,11-12H2,1-3H3,(H2,19,20,21). The first-order chi connectivity index (χ1) is 10.5. The van der Waals surface area contributed by atoms with Crippen LogP contribution in [0.2, 0.25) is 0 Å². The average Bonchev–Trinajstić information content (AvgIpc) is 2.49. The summed E-state index contributed by atoms with van der Waals surface area (Å²) in [5.41, 5.74) is 4.64. The Morgan fingerprint density at radius 2 is 1.82 bits per heavy atom. The number of nitrogens with one attached hydrogen (secondary N) is 2. The second-order valence-electron chi connectivity index (χ2n) is 5.38. The van der Waals surface area contributed by atoms with Gasteiger partial charge in [-0.15, -0.1) is 0 Å². The number of carbonyl (C=O) groups excluding carboxylic acids is 1. The molecule has 0 aliphatic carbocycles. The predicted molar refractivity (Wildman–Crippen MR) is 88.0 cm³/mol. The van der Waals surface area contributed by atoms with Crippen molar-refractivity contribution in [3.8, 4) is 5.75 Å². The minimum Gasteiger partial charge on any atom is -0.473 e. The third kappa shape index (κ3) is 4.81. The quantitative estimate of drug-likeness (QED) is 0.831. The van der Waals surface area contributed by atoms with Crippen LogP contribution in [0.4, 0.5) is 4.79 Å². The van der Waals surface area contributed by atoms with E-state index in [2.05, 4.69) is 17.6 Å². The minimum absolute atomic E-state index is 0.141. The Morgan fingerprint density at radius 1 is 1.00 bits per heavy atom. The zero-order valence-corrected chi connectivity index (χ0v) is 13.3. The summed E-state index contributed by atoms with van der Waals surface area (Å²) in [7, 11) is 0. The first-order valence-electron chi connectivity index (χ1n) is 7.32. The lowest BCUT2D eigenvalue weighted by atomic mass is 10.1.